The van der Waals surface area contributed by atoms with Crippen molar-refractivity contribution < 1.29 is 14.8 Å². The quantitative estimate of drug-likeness (QED) is 0.769. The van der Waals surface area contributed by atoms with Crippen LogP contribution in [0, 0.1) is 5.92 Å². The first-order valence-electron chi connectivity index (χ1n) is 8.86. The van der Waals surface area contributed by atoms with Crippen LogP contribution in [0.1, 0.15) is 65.4 Å². The molecule has 1 aliphatic rings. The van der Waals surface area contributed by atoms with E-state index in [0.29, 0.717) is 0 Å². The Morgan fingerprint density at radius 1 is 1.12 bits per heavy atom. The summed E-state index contributed by atoms with van der Waals surface area (Å²) >= 11 is 0. The Labute approximate surface area is 153 Å². The molecular weight excluding hydrogens is 322 g/mol. The molecule has 5 heteroatoms. The van der Waals surface area contributed by atoms with E-state index in [1.54, 1.807) is 27.7 Å². The van der Waals surface area contributed by atoms with E-state index >= 15 is 0 Å². The Hall–Kier alpha value is -0.545. The second-order valence-electron chi connectivity index (χ2n) is 7.99. The summed E-state index contributed by atoms with van der Waals surface area (Å²) in [5, 5.41) is 20.6. The zero-order chi connectivity index (χ0) is 17.1. The maximum absolute atomic E-state index is 10.4. The Balaban J connectivity index is 0.00000288. The van der Waals surface area contributed by atoms with Crippen LogP contribution in [0.3, 0.4) is 0 Å². The van der Waals surface area contributed by atoms with Gasteiger partial charge in [-0.25, -0.2) is 0 Å². The molecule has 24 heavy (non-hydrogen) atoms. The molecule has 0 bridgehead atoms. The normalized spacial score (nSPS) is 16.6. The van der Waals surface area contributed by atoms with Gasteiger partial charge in [-0.3, -0.25) is 0 Å². The van der Waals surface area contributed by atoms with Gasteiger partial charge in [-0.1, -0.05) is 56.4 Å². The molecule has 0 saturated heterocycles. The summed E-state index contributed by atoms with van der Waals surface area (Å²) in [6.45, 7) is 6.97. The minimum absolute atomic E-state index is 0. The summed E-state index contributed by atoms with van der Waals surface area (Å²) in [5.41, 5.74) is 0.146. The highest BCUT2D eigenvalue weighted by atomic mass is 35.5. The van der Waals surface area contributed by atoms with Crippen molar-refractivity contribution in [2.75, 3.05) is 0 Å². The van der Waals surface area contributed by atoms with Crippen LogP contribution < -0.4 is 5.46 Å². The smallest absolute Gasteiger partial charge is 0.423 e. The zero-order valence-electron chi connectivity index (χ0n) is 15.4. The fourth-order valence-corrected chi connectivity index (χ4v) is 3.09. The SMILES string of the molecule is CC(C)(O)C(C)(C)OB(O)c1cccc(CC2CCCCC2)c1.Cl. The van der Waals surface area contributed by atoms with Gasteiger partial charge in [-0.05, 0) is 51.1 Å². The Bertz CT molecular complexity index is 508. The van der Waals surface area contributed by atoms with Gasteiger partial charge < -0.3 is 14.8 Å². The van der Waals surface area contributed by atoms with Crippen molar-refractivity contribution >= 4 is 25.0 Å². The van der Waals surface area contributed by atoms with Crippen molar-refractivity contribution in [3.05, 3.63) is 29.8 Å². The number of hydrogen-bond acceptors (Lipinski definition) is 3. The minimum Gasteiger partial charge on any atom is -0.423 e. The highest BCUT2D eigenvalue weighted by Gasteiger charge is 2.39. The van der Waals surface area contributed by atoms with E-state index in [-0.39, 0.29) is 12.4 Å². The molecule has 0 radical (unpaired) electrons. The number of benzene rings is 1. The van der Waals surface area contributed by atoms with Gasteiger partial charge >= 0.3 is 7.12 Å². The third-order valence-corrected chi connectivity index (χ3v) is 5.36. The summed E-state index contributed by atoms with van der Waals surface area (Å²) in [6.07, 6.45) is 7.76. The lowest BCUT2D eigenvalue weighted by atomic mass is 9.75. The predicted octanol–water partition coefficient (Wildman–Crippen LogP) is 3.48. The van der Waals surface area contributed by atoms with Crippen LogP contribution in [0.15, 0.2) is 24.3 Å². The first-order valence-corrected chi connectivity index (χ1v) is 8.86. The van der Waals surface area contributed by atoms with Crippen molar-refractivity contribution in [1.82, 2.24) is 0 Å². The molecule has 0 spiro atoms. The van der Waals surface area contributed by atoms with Crippen molar-refractivity contribution in [2.45, 2.75) is 77.4 Å². The lowest BCUT2D eigenvalue weighted by Gasteiger charge is -2.38. The Morgan fingerprint density at radius 3 is 2.33 bits per heavy atom. The summed E-state index contributed by atoms with van der Waals surface area (Å²) in [7, 11) is -1.03. The molecule has 1 saturated carbocycles. The molecule has 3 nitrogen and oxygen atoms in total. The van der Waals surface area contributed by atoms with E-state index in [4.69, 9.17) is 4.65 Å². The van der Waals surface area contributed by atoms with Gasteiger partial charge in [-0.2, -0.15) is 0 Å². The first-order chi connectivity index (χ1) is 10.7. The molecular formula is C19H32BClO3. The van der Waals surface area contributed by atoms with Gasteiger partial charge in [0.25, 0.3) is 0 Å². The van der Waals surface area contributed by atoms with Gasteiger partial charge in [0.15, 0.2) is 0 Å². The summed E-state index contributed by atoms with van der Waals surface area (Å²) in [6, 6.07) is 8.04. The van der Waals surface area contributed by atoms with Crippen LogP contribution in [0.4, 0.5) is 0 Å². The molecule has 2 rings (SSSR count). The predicted molar refractivity (Wildman–Crippen MR) is 103 cm³/mol. The maximum Gasteiger partial charge on any atom is 0.491 e. The van der Waals surface area contributed by atoms with Crippen molar-refractivity contribution in [2.24, 2.45) is 5.92 Å². The van der Waals surface area contributed by atoms with E-state index in [2.05, 4.69) is 6.07 Å². The summed E-state index contributed by atoms with van der Waals surface area (Å²) in [4.78, 5) is 0. The molecule has 0 aliphatic heterocycles. The van der Waals surface area contributed by atoms with Crippen molar-refractivity contribution in [3.8, 4) is 0 Å². The fraction of sp³-hybridized carbons (Fsp3) is 0.684. The molecule has 0 unspecified atom stereocenters. The van der Waals surface area contributed by atoms with Gasteiger partial charge in [0.05, 0.1) is 11.2 Å². The molecule has 0 heterocycles. The lowest BCUT2D eigenvalue weighted by molar-refractivity contribution is -0.0982. The molecule has 136 valence electrons. The van der Waals surface area contributed by atoms with E-state index in [1.165, 1.54) is 37.7 Å². The van der Waals surface area contributed by atoms with Crippen molar-refractivity contribution in [1.29, 1.82) is 0 Å². The minimum atomic E-state index is -1.03. The largest absolute Gasteiger partial charge is 0.491 e. The average molecular weight is 355 g/mol. The number of hydrogen-bond donors (Lipinski definition) is 2. The van der Waals surface area contributed by atoms with Crippen LogP contribution >= 0.6 is 12.4 Å². The topological polar surface area (TPSA) is 49.7 Å². The fourth-order valence-electron chi connectivity index (χ4n) is 3.09. The molecule has 1 fully saturated rings. The van der Waals surface area contributed by atoms with Gasteiger partial charge in [0.2, 0.25) is 0 Å². The number of aliphatic hydroxyl groups is 1. The zero-order valence-corrected chi connectivity index (χ0v) is 16.2. The van der Waals surface area contributed by atoms with E-state index in [9.17, 15) is 10.1 Å². The van der Waals surface area contributed by atoms with Crippen LogP contribution in [0.25, 0.3) is 0 Å². The highest BCUT2D eigenvalue weighted by Crippen LogP contribution is 2.27. The van der Waals surface area contributed by atoms with Crippen LogP contribution in [0.5, 0.6) is 0 Å². The first kappa shape index (κ1) is 21.5. The molecule has 1 aromatic rings. The molecule has 2 N–H and O–H groups in total. The van der Waals surface area contributed by atoms with Crippen LogP contribution in [-0.2, 0) is 11.1 Å². The summed E-state index contributed by atoms with van der Waals surface area (Å²) in [5.74, 6) is 0.768. The second-order valence-corrected chi connectivity index (χ2v) is 7.99. The van der Waals surface area contributed by atoms with Crippen LogP contribution in [-0.4, -0.2) is 28.5 Å². The molecule has 1 aromatic carbocycles. The van der Waals surface area contributed by atoms with Gasteiger partial charge in [0.1, 0.15) is 0 Å². The van der Waals surface area contributed by atoms with Gasteiger partial charge in [0, 0.05) is 0 Å². The molecule has 0 aromatic heterocycles. The highest BCUT2D eigenvalue weighted by molar-refractivity contribution is 6.60. The van der Waals surface area contributed by atoms with E-state index in [0.717, 1.165) is 17.8 Å². The molecule has 0 atom stereocenters. The second kappa shape index (κ2) is 8.71. The Kier molecular flexibility index (Phi) is 7.80. The third-order valence-electron chi connectivity index (χ3n) is 5.36. The average Bonchev–Trinajstić information content (AvgIpc) is 2.47. The standard InChI is InChI=1S/C19H31BO3.ClH/c1-18(2,21)19(3,4)23-20(22)17-12-8-11-16(14-17)13-15-9-6-5-7-10-15;/h8,11-12,14-15,21-22H,5-7,9-10,13H2,1-4H3;1H. The monoisotopic (exact) mass is 354 g/mol. The van der Waals surface area contributed by atoms with Crippen LogP contribution in [0.2, 0.25) is 0 Å². The maximum atomic E-state index is 10.4. The Morgan fingerprint density at radius 2 is 1.75 bits per heavy atom. The molecule has 1 aliphatic carbocycles. The summed E-state index contributed by atoms with van der Waals surface area (Å²) < 4.78 is 5.74. The lowest BCUT2D eigenvalue weighted by Crippen LogP contribution is -2.53. The van der Waals surface area contributed by atoms with Crippen molar-refractivity contribution in [3.63, 3.8) is 0 Å². The number of rotatable bonds is 6. The van der Waals surface area contributed by atoms with E-state index in [1.807, 2.05) is 18.2 Å². The number of halogens is 1. The third kappa shape index (κ3) is 5.77. The van der Waals surface area contributed by atoms with Gasteiger partial charge in [-0.15, -0.1) is 12.4 Å². The van der Waals surface area contributed by atoms with E-state index < -0.39 is 18.3 Å². The molecule has 0 amide bonds.